The molecule has 1 aromatic rings. The molecule has 1 amide bonds. The molecule has 1 fully saturated rings. The number of hydrogen-bond acceptors (Lipinski definition) is 3. The molecular formula is C18H28N2O3S. The number of carbonyl (C=O) groups is 1. The average molecular weight is 353 g/mol. The Labute approximate surface area is 145 Å². The second kappa shape index (κ2) is 7.23. The molecule has 1 N–H and O–H groups in total. The summed E-state index contributed by atoms with van der Waals surface area (Å²) < 4.78 is 26.9. The standard InChI is InChI=1S/C18H28N2O3S/c1-5-18(3,4)17(21)19-15-6-8-16(9-7-15)24(22,23)20-12-10-14(2)11-13-20/h6-9,14H,5,10-13H2,1-4H3,(H,19,21). The predicted octanol–water partition coefficient (Wildman–Crippen LogP) is 3.48. The molecule has 0 aromatic heterocycles. The summed E-state index contributed by atoms with van der Waals surface area (Å²) in [6.07, 6.45) is 2.54. The highest BCUT2D eigenvalue weighted by atomic mass is 32.2. The van der Waals surface area contributed by atoms with E-state index in [0.717, 1.165) is 19.3 Å². The van der Waals surface area contributed by atoms with Crippen LogP contribution in [-0.2, 0) is 14.8 Å². The van der Waals surface area contributed by atoms with Crippen LogP contribution in [0, 0.1) is 11.3 Å². The van der Waals surface area contributed by atoms with E-state index in [1.165, 1.54) is 0 Å². The number of nitrogens with one attached hydrogen (secondary N) is 1. The van der Waals surface area contributed by atoms with E-state index in [0.29, 0.717) is 24.7 Å². The Balaban J connectivity index is 2.10. The van der Waals surface area contributed by atoms with Crippen molar-refractivity contribution in [1.29, 1.82) is 0 Å². The molecule has 0 spiro atoms. The third kappa shape index (κ3) is 4.16. The van der Waals surface area contributed by atoms with Gasteiger partial charge in [0.05, 0.1) is 4.90 Å². The molecule has 0 atom stereocenters. The summed E-state index contributed by atoms with van der Waals surface area (Å²) in [7, 11) is -3.44. The molecule has 134 valence electrons. The van der Waals surface area contributed by atoms with Crippen molar-refractivity contribution < 1.29 is 13.2 Å². The van der Waals surface area contributed by atoms with Crippen molar-refractivity contribution in [3.05, 3.63) is 24.3 Å². The molecule has 1 aromatic carbocycles. The van der Waals surface area contributed by atoms with Crippen LogP contribution in [0.15, 0.2) is 29.2 Å². The van der Waals surface area contributed by atoms with Crippen molar-refractivity contribution in [2.75, 3.05) is 18.4 Å². The summed E-state index contributed by atoms with van der Waals surface area (Å²) in [4.78, 5) is 12.5. The van der Waals surface area contributed by atoms with Gasteiger partial charge in [-0.15, -0.1) is 0 Å². The molecule has 0 radical (unpaired) electrons. The smallest absolute Gasteiger partial charge is 0.243 e. The summed E-state index contributed by atoms with van der Waals surface area (Å²) in [5.74, 6) is 0.515. The maximum Gasteiger partial charge on any atom is 0.243 e. The van der Waals surface area contributed by atoms with Crippen molar-refractivity contribution in [2.45, 2.75) is 51.9 Å². The first-order valence-electron chi connectivity index (χ1n) is 8.58. The van der Waals surface area contributed by atoms with Gasteiger partial charge in [0.2, 0.25) is 15.9 Å². The minimum Gasteiger partial charge on any atom is -0.326 e. The second-order valence-electron chi connectivity index (χ2n) is 7.30. The van der Waals surface area contributed by atoms with Gasteiger partial charge in [0.15, 0.2) is 0 Å². The van der Waals surface area contributed by atoms with Gasteiger partial charge < -0.3 is 5.32 Å². The van der Waals surface area contributed by atoms with Crippen LogP contribution in [0.4, 0.5) is 5.69 Å². The Morgan fingerprint density at radius 1 is 1.21 bits per heavy atom. The summed E-state index contributed by atoms with van der Waals surface area (Å²) in [5.41, 5.74) is 0.169. The van der Waals surface area contributed by atoms with E-state index >= 15 is 0 Å². The highest BCUT2D eigenvalue weighted by Gasteiger charge is 2.28. The molecule has 6 heteroatoms. The number of benzene rings is 1. The zero-order valence-corrected chi connectivity index (χ0v) is 15.8. The predicted molar refractivity (Wildman–Crippen MR) is 96.3 cm³/mol. The summed E-state index contributed by atoms with van der Waals surface area (Å²) in [6, 6.07) is 6.45. The van der Waals surface area contributed by atoms with Crippen LogP contribution in [0.25, 0.3) is 0 Å². The molecule has 2 rings (SSSR count). The second-order valence-corrected chi connectivity index (χ2v) is 9.24. The lowest BCUT2D eigenvalue weighted by molar-refractivity contribution is -0.124. The van der Waals surface area contributed by atoms with Gasteiger partial charge in [-0.25, -0.2) is 8.42 Å². The summed E-state index contributed by atoms with van der Waals surface area (Å²) in [5, 5.41) is 2.85. The topological polar surface area (TPSA) is 66.5 Å². The fourth-order valence-electron chi connectivity index (χ4n) is 2.55. The number of anilines is 1. The van der Waals surface area contributed by atoms with Crippen molar-refractivity contribution in [3.8, 4) is 0 Å². The van der Waals surface area contributed by atoms with Crippen LogP contribution in [-0.4, -0.2) is 31.7 Å². The van der Waals surface area contributed by atoms with Crippen molar-refractivity contribution in [1.82, 2.24) is 4.31 Å². The minimum absolute atomic E-state index is 0.0642. The lowest BCUT2D eigenvalue weighted by atomic mass is 9.89. The van der Waals surface area contributed by atoms with Gasteiger partial charge in [0, 0.05) is 24.2 Å². The third-order valence-electron chi connectivity index (χ3n) is 4.99. The van der Waals surface area contributed by atoms with Crippen molar-refractivity contribution in [2.24, 2.45) is 11.3 Å². The van der Waals surface area contributed by atoms with Gasteiger partial charge in [0.25, 0.3) is 0 Å². The van der Waals surface area contributed by atoms with E-state index in [1.54, 1.807) is 28.6 Å². The number of sulfonamides is 1. The SMILES string of the molecule is CCC(C)(C)C(=O)Nc1ccc(S(=O)(=O)N2CCC(C)CC2)cc1. The molecule has 1 aliphatic heterocycles. The number of nitrogens with zero attached hydrogens (tertiary/aromatic N) is 1. The molecule has 0 unspecified atom stereocenters. The van der Waals surface area contributed by atoms with Gasteiger partial charge in [-0.2, -0.15) is 4.31 Å². The lowest BCUT2D eigenvalue weighted by Crippen LogP contribution is -2.37. The third-order valence-corrected chi connectivity index (χ3v) is 6.90. The number of carbonyl (C=O) groups excluding carboxylic acids is 1. The molecule has 24 heavy (non-hydrogen) atoms. The first-order valence-corrected chi connectivity index (χ1v) is 10.0. The average Bonchev–Trinajstić information content (AvgIpc) is 2.55. The largest absolute Gasteiger partial charge is 0.326 e. The van der Waals surface area contributed by atoms with Crippen molar-refractivity contribution >= 4 is 21.6 Å². The normalized spacial score (nSPS) is 17.7. The van der Waals surface area contributed by atoms with Gasteiger partial charge >= 0.3 is 0 Å². The molecule has 0 aliphatic carbocycles. The molecule has 1 heterocycles. The van der Waals surface area contributed by atoms with E-state index in [4.69, 9.17) is 0 Å². The van der Waals surface area contributed by atoms with Crippen molar-refractivity contribution in [3.63, 3.8) is 0 Å². The molecule has 1 aliphatic rings. The highest BCUT2D eigenvalue weighted by molar-refractivity contribution is 7.89. The van der Waals surface area contributed by atoms with E-state index in [9.17, 15) is 13.2 Å². The van der Waals surface area contributed by atoms with E-state index in [1.807, 2.05) is 20.8 Å². The van der Waals surface area contributed by atoms with E-state index < -0.39 is 15.4 Å². The number of piperidine rings is 1. The fraction of sp³-hybridized carbons (Fsp3) is 0.611. The minimum atomic E-state index is -3.44. The zero-order chi connectivity index (χ0) is 18.0. The first-order chi connectivity index (χ1) is 11.2. The van der Waals surface area contributed by atoms with Gasteiger partial charge in [-0.3, -0.25) is 4.79 Å². The summed E-state index contributed by atoms with van der Waals surface area (Å²) in [6.45, 7) is 9.05. The Kier molecular flexibility index (Phi) is 5.71. The van der Waals surface area contributed by atoms with Crippen LogP contribution >= 0.6 is 0 Å². The van der Waals surface area contributed by atoms with Crippen LogP contribution in [0.5, 0.6) is 0 Å². The fourth-order valence-corrected chi connectivity index (χ4v) is 4.02. The van der Waals surface area contributed by atoms with Crippen LogP contribution in [0.2, 0.25) is 0 Å². The van der Waals surface area contributed by atoms with E-state index in [2.05, 4.69) is 12.2 Å². The Bertz CT molecular complexity index is 673. The molecular weight excluding hydrogens is 324 g/mol. The zero-order valence-electron chi connectivity index (χ0n) is 15.0. The molecule has 1 saturated heterocycles. The Morgan fingerprint density at radius 3 is 2.25 bits per heavy atom. The maximum atomic E-state index is 12.7. The van der Waals surface area contributed by atoms with Gasteiger partial charge in [-0.05, 0) is 49.4 Å². The maximum absolute atomic E-state index is 12.7. The Hall–Kier alpha value is -1.40. The summed E-state index contributed by atoms with van der Waals surface area (Å²) >= 11 is 0. The molecule has 0 bridgehead atoms. The monoisotopic (exact) mass is 352 g/mol. The number of rotatable bonds is 5. The van der Waals surface area contributed by atoms with Crippen LogP contribution in [0.1, 0.15) is 47.0 Å². The highest BCUT2D eigenvalue weighted by Crippen LogP contribution is 2.26. The number of amides is 1. The molecule has 5 nitrogen and oxygen atoms in total. The molecule has 0 saturated carbocycles. The van der Waals surface area contributed by atoms with Gasteiger partial charge in [0.1, 0.15) is 0 Å². The Morgan fingerprint density at radius 2 is 1.75 bits per heavy atom. The quantitative estimate of drug-likeness (QED) is 0.882. The number of hydrogen-bond donors (Lipinski definition) is 1. The lowest BCUT2D eigenvalue weighted by Gasteiger charge is -2.29. The first kappa shape index (κ1) is 18.9. The van der Waals surface area contributed by atoms with Crippen LogP contribution < -0.4 is 5.32 Å². The van der Waals surface area contributed by atoms with E-state index in [-0.39, 0.29) is 10.8 Å². The van der Waals surface area contributed by atoms with Crippen LogP contribution in [0.3, 0.4) is 0 Å². The van der Waals surface area contributed by atoms with Gasteiger partial charge in [-0.1, -0.05) is 27.7 Å².